The van der Waals surface area contributed by atoms with Gasteiger partial charge in [-0.05, 0) is 37.0 Å². The van der Waals surface area contributed by atoms with Crippen LogP contribution in [0.5, 0.6) is 0 Å². The van der Waals surface area contributed by atoms with Crippen molar-refractivity contribution >= 4 is 17.4 Å². The molecule has 2 aliphatic heterocycles. The predicted molar refractivity (Wildman–Crippen MR) is 97.0 cm³/mol. The van der Waals surface area contributed by atoms with Gasteiger partial charge in [0.25, 0.3) is 0 Å². The Bertz CT molecular complexity index is 724. The highest BCUT2D eigenvalue weighted by Gasteiger charge is 2.34. The summed E-state index contributed by atoms with van der Waals surface area (Å²) < 4.78 is 5.47. The molecule has 1 N–H and O–H groups in total. The Labute approximate surface area is 152 Å². The number of anilines is 1. The van der Waals surface area contributed by atoms with Crippen molar-refractivity contribution in [1.29, 1.82) is 0 Å². The minimum atomic E-state index is -0.795. The van der Waals surface area contributed by atoms with Gasteiger partial charge in [-0.3, -0.25) is 0 Å². The number of aliphatic hydroxyl groups is 1. The second kappa shape index (κ2) is 6.90. The molecule has 0 aliphatic carbocycles. The molecular formula is C19H22ClN3O2. The van der Waals surface area contributed by atoms with E-state index in [-0.39, 0.29) is 0 Å². The van der Waals surface area contributed by atoms with Crippen LogP contribution in [-0.2, 0) is 10.3 Å². The maximum absolute atomic E-state index is 11.0. The molecule has 0 radical (unpaired) electrons. The summed E-state index contributed by atoms with van der Waals surface area (Å²) in [7, 11) is 0. The van der Waals surface area contributed by atoms with Crippen LogP contribution in [0.15, 0.2) is 36.7 Å². The van der Waals surface area contributed by atoms with Crippen molar-refractivity contribution in [3.63, 3.8) is 0 Å². The summed E-state index contributed by atoms with van der Waals surface area (Å²) in [4.78, 5) is 11.1. The second-order valence-electron chi connectivity index (χ2n) is 6.89. The van der Waals surface area contributed by atoms with Crippen LogP contribution in [0.4, 0.5) is 5.82 Å². The second-order valence-corrected chi connectivity index (χ2v) is 7.32. The molecule has 132 valence electrons. The summed E-state index contributed by atoms with van der Waals surface area (Å²) in [6.45, 7) is 3.07. The molecule has 0 bridgehead atoms. The Morgan fingerprint density at radius 1 is 1.16 bits per heavy atom. The summed E-state index contributed by atoms with van der Waals surface area (Å²) in [5, 5.41) is 11.7. The van der Waals surface area contributed by atoms with E-state index in [1.807, 2.05) is 24.3 Å². The molecule has 0 amide bonds. The smallest absolute Gasteiger partial charge is 0.132 e. The summed E-state index contributed by atoms with van der Waals surface area (Å²) in [5.41, 5.74) is 1.19. The third-order valence-corrected chi connectivity index (χ3v) is 5.57. The number of rotatable bonds is 3. The monoisotopic (exact) mass is 359 g/mol. The van der Waals surface area contributed by atoms with Gasteiger partial charge in [-0.1, -0.05) is 23.7 Å². The topological polar surface area (TPSA) is 58.5 Å². The molecule has 5 nitrogen and oxygen atoms in total. The Kier molecular flexibility index (Phi) is 4.63. The van der Waals surface area contributed by atoms with Crippen LogP contribution in [0.1, 0.15) is 36.4 Å². The van der Waals surface area contributed by atoms with Gasteiger partial charge in [-0.2, -0.15) is 0 Å². The minimum Gasteiger partial charge on any atom is -0.385 e. The fraction of sp³-hybridized carbons (Fsp3) is 0.474. The lowest BCUT2D eigenvalue weighted by Gasteiger charge is -2.39. The van der Waals surface area contributed by atoms with Crippen molar-refractivity contribution in [3.05, 3.63) is 52.9 Å². The molecule has 1 atom stereocenters. The molecule has 0 unspecified atom stereocenters. The fourth-order valence-corrected chi connectivity index (χ4v) is 3.81. The molecule has 3 heterocycles. The van der Waals surface area contributed by atoms with E-state index in [2.05, 4.69) is 20.9 Å². The van der Waals surface area contributed by atoms with Crippen LogP contribution in [0.2, 0.25) is 5.02 Å². The highest BCUT2D eigenvalue weighted by Crippen LogP contribution is 2.35. The van der Waals surface area contributed by atoms with E-state index < -0.39 is 5.60 Å². The van der Waals surface area contributed by atoms with Crippen molar-refractivity contribution in [2.75, 3.05) is 31.2 Å². The number of hydrogen-bond acceptors (Lipinski definition) is 5. The van der Waals surface area contributed by atoms with Gasteiger partial charge in [0, 0.05) is 36.7 Å². The zero-order chi connectivity index (χ0) is 17.3. The Hall–Kier alpha value is -1.69. The van der Waals surface area contributed by atoms with Gasteiger partial charge in [-0.15, -0.1) is 0 Å². The van der Waals surface area contributed by atoms with Crippen LogP contribution in [-0.4, -0.2) is 41.4 Å². The molecule has 25 heavy (non-hydrogen) atoms. The van der Waals surface area contributed by atoms with Gasteiger partial charge in [0.2, 0.25) is 0 Å². The van der Waals surface area contributed by atoms with Crippen molar-refractivity contribution in [3.8, 4) is 0 Å². The minimum absolute atomic E-state index is 0.373. The average Bonchev–Trinajstić information content (AvgIpc) is 3.18. The van der Waals surface area contributed by atoms with E-state index in [1.165, 1.54) is 0 Å². The lowest BCUT2D eigenvalue weighted by Crippen LogP contribution is -2.43. The molecule has 2 saturated heterocycles. The Balaban J connectivity index is 1.46. The van der Waals surface area contributed by atoms with E-state index in [0.29, 0.717) is 23.8 Å². The number of nitrogens with zero attached hydrogens (tertiary/aromatic N) is 3. The maximum Gasteiger partial charge on any atom is 0.132 e. The summed E-state index contributed by atoms with van der Waals surface area (Å²) in [6.07, 6.45) is 4.00. The van der Waals surface area contributed by atoms with Crippen molar-refractivity contribution < 1.29 is 9.84 Å². The quantitative estimate of drug-likeness (QED) is 0.912. The van der Waals surface area contributed by atoms with Crippen LogP contribution in [0.3, 0.4) is 0 Å². The number of aromatic nitrogens is 2. The molecule has 0 spiro atoms. The highest BCUT2D eigenvalue weighted by atomic mass is 35.5. The van der Waals surface area contributed by atoms with Gasteiger partial charge >= 0.3 is 0 Å². The number of ether oxygens (including phenoxy) is 1. The van der Waals surface area contributed by atoms with Crippen LogP contribution >= 0.6 is 11.6 Å². The van der Waals surface area contributed by atoms with Crippen LogP contribution in [0.25, 0.3) is 0 Å². The van der Waals surface area contributed by atoms with Crippen molar-refractivity contribution in [2.24, 2.45) is 0 Å². The first kappa shape index (κ1) is 16.8. The fourth-order valence-electron chi connectivity index (χ4n) is 3.68. The first-order chi connectivity index (χ1) is 12.1. The highest BCUT2D eigenvalue weighted by molar-refractivity contribution is 6.30. The van der Waals surface area contributed by atoms with E-state index in [1.54, 1.807) is 6.33 Å². The molecule has 2 aromatic rings. The molecular weight excluding hydrogens is 338 g/mol. The zero-order valence-electron chi connectivity index (χ0n) is 14.1. The van der Waals surface area contributed by atoms with Crippen molar-refractivity contribution in [1.82, 2.24) is 9.97 Å². The molecule has 1 aromatic carbocycles. The maximum atomic E-state index is 11.0. The normalized spacial score (nSPS) is 23.0. The van der Waals surface area contributed by atoms with E-state index in [0.717, 1.165) is 49.8 Å². The van der Waals surface area contributed by atoms with Gasteiger partial charge in [0.1, 0.15) is 12.1 Å². The Morgan fingerprint density at radius 3 is 2.60 bits per heavy atom. The molecule has 2 aliphatic rings. The third-order valence-electron chi connectivity index (χ3n) is 5.32. The van der Waals surface area contributed by atoms with Gasteiger partial charge in [-0.25, -0.2) is 9.97 Å². The summed E-state index contributed by atoms with van der Waals surface area (Å²) in [5.74, 6) is 1.31. The van der Waals surface area contributed by atoms with E-state index in [4.69, 9.17) is 16.3 Å². The number of benzene rings is 1. The number of halogens is 1. The zero-order valence-corrected chi connectivity index (χ0v) is 14.8. The molecule has 1 aromatic heterocycles. The lowest BCUT2D eigenvalue weighted by molar-refractivity contribution is 0.0116. The van der Waals surface area contributed by atoms with Crippen LogP contribution < -0.4 is 4.90 Å². The first-order valence-corrected chi connectivity index (χ1v) is 9.15. The third kappa shape index (κ3) is 3.50. The molecule has 6 heteroatoms. The molecule has 0 saturated carbocycles. The molecule has 4 rings (SSSR count). The SMILES string of the molecule is OC1(c2ccc(Cl)cc2)CCN(c2cc([C@H]3CCOC3)ncn2)CC1. The lowest BCUT2D eigenvalue weighted by atomic mass is 9.84. The number of hydrogen-bond donors (Lipinski definition) is 1. The molecule has 2 fully saturated rings. The van der Waals surface area contributed by atoms with E-state index >= 15 is 0 Å². The largest absolute Gasteiger partial charge is 0.385 e. The first-order valence-electron chi connectivity index (χ1n) is 8.77. The Morgan fingerprint density at radius 2 is 1.92 bits per heavy atom. The summed E-state index contributed by atoms with van der Waals surface area (Å²) >= 11 is 5.95. The van der Waals surface area contributed by atoms with Gasteiger partial charge in [0.15, 0.2) is 0 Å². The van der Waals surface area contributed by atoms with Crippen molar-refractivity contribution in [2.45, 2.75) is 30.8 Å². The van der Waals surface area contributed by atoms with E-state index in [9.17, 15) is 5.11 Å². The summed E-state index contributed by atoms with van der Waals surface area (Å²) in [6, 6.07) is 9.58. The predicted octanol–water partition coefficient (Wildman–Crippen LogP) is 3.12. The standard InChI is InChI=1S/C19H22ClN3O2/c20-16-3-1-15(2-4-16)19(24)6-8-23(9-7-19)18-11-17(21-13-22-18)14-5-10-25-12-14/h1-4,11,13-14,24H,5-10,12H2/t14-/m0/s1. The van der Waals surface area contributed by atoms with Gasteiger partial charge in [0.05, 0.1) is 17.9 Å². The van der Waals surface area contributed by atoms with Gasteiger partial charge < -0.3 is 14.7 Å². The number of piperidine rings is 1. The van der Waals surface area contributed by atoms with Crippen LogP contribution in [0, 0.1) is 0 Å². The average molecular weight is 360 g/mol.